The molecule has 3 aromatic carbocycles. The van der Waals surface area contributed by atoms with Gasteiger partial charge in [-0.05, 0) is 48.5 Å². The topological polar surface area (TPSA) is 73.2 Å². The van der Waals surface area contributed by atoms with Gasteiger partial charge in [0.25, 0.3) is 5.91 Å². The van der Waals surface area contributed by atoms with Crippen LogP contribution in [-0.2, 0) is 10.9 Å². The summed E-state index contributed by atoms with van der Waals surface area (Å²) >= 11 is 6.02. The number of hydrogen-bond donors (Lipinski definition) is 1. The van der Waals surface area contributed by atoms with Crippen molar-refractivity contribution in [1.29, 1.82) is 0 Å². The first-order valence-electron chi connectivity index (χ1n) is 10.1. The predicted molar refractivity (Wildman–Crippen MR) is 122 cm³/mol. The third-order valence-electron chi connectivity index (χ3n) is 5.34. The van der Waals surface area contributed by atoms with Gasteiger partial charge in [-0.15, -0.1) is 0 Å². The lowest BCUT2D eigenvalue weighted by Crippen LogP contribution is -2.20. The number of nitrogens with zero attached hydrogens (tertiary/aromatic N) is 2. The molecule has 4 aromatic rings. The smallest absolute Gasteiger partial charge is 0.417 e. The first-order valence-corrected chi connectivity index (χ1v) is 10.4. The molecule has 0 amide bonds. The van der Waals surface area contributed by atoms with Crippen molar-refractivity contribution in [3.63, 3.8) is 0 Å². The Balaban J connectivity index is 1.97. The molecule has 1 N–H and O–H groups in total. The summed E-state index contributed by atoms with van der Waals surface area (Å²) in [5, 5.41) is 6.95. The molecule has 0 unspecified atom stereocenters. The lowest BCUT2D eigenvalue weighted by Gasteiger charge is -2.13. The molecule has 0 fully saturated rings. The summed E-state index contributed by atoms with van der Waals surface area (Å²) in [6, 6.07) is 11.2. The fourth-order valence-electron chi connectivity index (χ4n) is 3.66. The van der Waals surface area contributed by atoms with Crippen molar-refractivity contribution in [2.24, 2.45) is 0 Å². The van der Waals surface area contributed by atoms with E-state index in [1.807, 2.05) is 0 Å². The molecule has 0 saturated carbocycles. The van der Waals surface area contributed by atoms with Gasteiger partial charge in [0.05, 0.1) is 34.3 Å². The molecule has 0 saturated heterocycles. The molecule has 35 heavy (non-hydrogen) atoms. The van der Waals surface area contributed by atoms with Crippen LogP contribution in [0, 0.1) is 5.82 Å². The van der Waals surface area contributed by atoms with Gasteiger partial charge in [0.2, 0.25) is 0 Å². The highest BCUT2D eigenvalue weighted by Crippen LogP contribution is 2.37. The number of fused-ring (bicyclic) bond motifs is 1. The van der Waals surface area contributed by atoms with Gasteiger partial charge in [-0.1, -0.05) is 17.7 Å². The maximum Gasteiger partial charge on any atom is 0.417 e. The average Bonchev–Trinajstić information content (AvgIpc) is 3.20. The second-order valence-corrected chi connectivity index (χ2v) is 7.80. The Bertz CT molecular complexity index is 1480. The Hall–Kier alpha value is -3.92. The number of benzene rings is 3. The first-order chi connectivity index (χ1) is 16.6. The minimum atomic E-state index is -4.85. The van der Waals surface area contributed by atoms with E-state index in [1.54, 1.807) is 19.2 Å². The number of ether oxygens (including phenoxy) is 1. The van der Waals surface area contributed by atoms with Gasteiger partial charge in [-0.3, -0.25) is 4.79 Å². The number of alkyl halides is 3. The number of methoxy groups -OCH3 is 1. The van der Waals surface area contributed by atoms with Gasteiger partial charge in [0, 0.05) is 23.7 Å². The van der Waals surface area contributed by atoms with Crippen LogP contribution in [0.3, 0.4) is 0 Å². The molecule has 11 heteroatoms. The number of hydrogen-bond acceptors (Lipinski definition) is 5. The van der Waals surface area contributed by atoms with Gasteiger partial charge in [0.1, 0.15) is 11.5 Å². The van der Waals surface area contributed by atoms with Gasteiger partial charge >= 0.3 is 12.1 Å². The second kappa shape index (κ2) is 9.03. The molecule has 0 aliphatic heterocycles. The number of rotatable bonds is 4. The predicted octanol–water partition coefficient (Wildman–Crippen LogP) is 6.03. The largest absolute Gasteiger partial charge is 0.465 e. The maximum absolute atomic E-state index is 15.0. The van der Waals surface area contributed by atoms with Crippen LogP contribution in [0.5, 0.6) is 0 Å². The normalized spacial score (nSPS) is 11.5. The Kier molecular flexibility index (Phi) is 6.25. The fraction of sp³-hybridized carbons (Fsp3) is 0.125. The van der Waals surface area contributed by atoms with Crippen molar-refractivity contribution in [3.05, 3.63) is 82.1 Å². The van der Waals surface area contributed by atoms with E-state index in [0.717, 1.165) is 30.0 Å². The summed E-state index contributed by atoms with van der Waals surface area (Å²) in [6.07, 6.45) is -4.85. The molecule has 0 atom stereocenters. The van der Waals surface area contributed by atoms with Crippen LogP contribution in [0.2, 0.25) is 5.02 Å². The molecule has 4 rings (SSSR count). The molecule has 0 radical (unpaired) electrons. The van der Waals surface area contributed by atoms with Crippen molar-refractivity contribution in [3.8, 4) is 11.3 Å². The number of carbonyl (C=O) groups is 2. The summed E-state index contributed by atoms with van der Waals surface area (Å²) in [5.41, 5.74) is -1.47. The molecule has 0 bridgehead atoms. The first kappa shape index (κ1) is 24.2. The van der Waals surface area contributed by atoms with Crippen LogP contribution in [0.4, 0.5) is 23.2 Å². The van der Waals surface area contributed by atoms with E-state index < -0.39 is 40.0 Å². The van der Waals surface area contributed by atoms with Gasteiger partial charge in [0.15, 0.2) is 0 Å². The lowest BCUT2D eigenvalue weighted by molar-refractivity contribution is -0.137. The third kappa shape index (κ3) is 4.32. The summed E-state index contributed by atoms with van der Waals surface area (Å²) in [6.45, 7) is 0. The summed E-state index contributed by atoms with van der Waals surface area (Å²) in [7, 11) is 2.77. The van der Waals surface area contributed by atoms with Crippen LogP contribution in [0.1, 0.15) is 26.3 Å². The zero-order valence-corrected chi connectivity index (χ0v) is 19.0. The van der Waals surface area contributed by atoms with Crippen LogP contribution in [-0.4, -0.2) is 35.8 Å². The van der Waals surface area contributed by atoms with Crippen molar-refractivity contribution < 1.29 is 31.9 Å². The van der Waals surface area contributed by atoms with Crippen LogP contribution in [0.15, 0.2) is 54.6 Å². The van der Waals surface area contributed by atoms with Gasteiger partial charge < -0.3 is 10.1 Å². The molecule has 0 aliphatic carbocycles. The fourth-order valence-corrected chi connectivity index (χ4v) is 3.92. The SMILES string of the molecule is CNc1ccc2c(-c3ccc(C(=O)OC)cc3F)nn(C(=O)c3c(Cl)cccc3C(F)(F)F)c2c1. The molecule has 0 aliphatic rings. The minimum Gasteiger partial charge on any atom is -0.465 e. The number of esters is 1. The summed E-state index contributed by atoms with van der Waals surface area (Å²) < 4.78 is 61.3. The Morgan fingerprint density at radius 1 is 1.09 bits per heavy atom. The Morgan fingerprint density at radius 2 is 1.83 bits per heavy atom. The number of halogens is 5. The molecule has 1 aromatic heterocycles. The Labute approximate surface area is 201 Å². The summed E-state index contributed by atoms with van der Waals surface area (Å²) in [5.74, 6) is -2.73. The number of carbonyl (C=O) groups excluding carboxylic acids is 2. The molecule has 1 heterocycles. The van der Waals surface area contributed by atoms with Crippen LogP contribution in [0.25, 0.3) is 22.2 Å². The maximum atomic E-state index is 15.0. The van der Waals surface area contributed by atoms with E-state index >= 15 is 0 Å². The van der Waals surface area contributed by atoms with Crippen molar-refractivity contribution in [2.75, 3.05) is 19.5 Å². The van der Waals surface area contributed by atoms with Crippen molar-refractivity contribution in [2.45, 2.75) is 6.18 Å². The monoisotopic (exact) mass is 505 g/mol. The summed E-state index contributed by atoms with van der Waals surface area (Å²) in [4.78, 5) is 25.1. The zero-order valence-electron chi connectivity index (χ0n) is 18.2. The number of aromatic nitrogens is 2. The number of nitrogens with one attached hydrogen (secondary N) is 1. The molecule has 0 spiro atoms. The standard InChI is InChI=1S/C24H16ClF4N3O3/c1-30-13-7-9-15-19(11-13)32(22(33)20-16(24(27,28)29)4-3-5-17(20)25)31-21(15)14-8-6-12(10-18(14)26)23(34)35-2/h3-11,30H,1-2H3. The minimum absolute atomic E-state index is 0.00877. The molecular weight excluding hydrogens is 490 g/mol. The second-order valence-electron chi connectivity index (χ2n) is 7.39. The van der Waals surface area contributed by atoms with E-state index in [2.05, 4.69) is 15.2 Å². The highest BCUT2D eigenvalue weighted by Gasteiger charge is 2.37. The average molecular weight is 506 g/mol. The zero-order chi connectivity index (χ0) is 25.5. The van der Waals surface area contributed by atoms with Crippen LogP contribution >= 0.6 is 11.6 Å². The van der Waals surface area contributed by atoms with Crippen LogP contribution < -0.4 is 5.32 Å². The molecular formula is C24H16ClF4N3O3. The lowest BCUT2D eigenvalue weighted by atomic mass is 10.0. The highest BCUT2D eigenvalue weighted by molar-refractivity contribution is 6.34. The third-order valence-corrected chi connectivity index (χ3v) is 5.66. The molecule has 180 valence electrons. The van der Waals surface area contributed by atoms with E-state index in [9.17, 15) is 27.2 Å². The van der Waals surface area contributed by atoms with Gasteiger partial charge in [-0.25, -0.2) is 9.18 Å². The van der Waals surface area contributed by atoms with E-state index in [4.69, 9.17) is 11.6 Å². The van der Waals surface area contributed by atoms with E-state index in [0.29, 0.717) is 11.1 Å². The van der Waals surface area contributed by atoms with Gasteiger partial charge in [-0.2, -0.15) is 23.0 Å². The van der Waals surface area contributed by atoms with Crippen molar-refractivity contribution in [1.82, 2.24) is 9.78 Å². The Morgan fingerprint density at radius 3 is 2.46 bits per heavy atom. The van der Waals surface area contributed by atoms with E-state index in [1.165, 1.54) is 24.3 Å². The van der Waals surface area contributed by atoms with Crippen molar-refractivity contribution >= 4 is 40.1 Å². The highest BCUT2D eigenvalue weighted by atomic mass is 35.5. The molecule has 6 nitrogen and oxygen atoms in total. The van der Waals surface area contributed by atoms with E-state index in [-0.39, 0.29) is 22.3 Å². The number of anilines is 1. The quantitative estimate of drug-likeness (QED) is 0.271.